The largest absolute Gasteiger partial charge is 0.449 e. The number of thiazole rings is 1. The zero-order valence-electron chi connectivity index (χ0n) is 24.3. The smallest absolute Gasteiger partial charge is 0.411 e. The first-order valence-electron chi connectivity index (χ1n) is 14.0. The number of benzene rings is 1. The molecule has 2 aromatic rings. The Morgan fingerprint density at radius 2 is 1.81 bits per heavy atom. The molecular weight excluding hydrogens is 590 g/mol. The van der Waals surface area contributed by atoms with E-state index in [1.807, 2.05) is 0 Å². The van der Waals surface area contributed by atoms with E-state index in [1.54, 1.807) is 46.9 Å². The Hall–Kier alpha value is -2.84. The van der Waals surface area contributed by atoms with Crippen molar-refractivity contribution in [1.29, 1.82) is 0 Å². The molecule has 2 saturated carbocycles. The van der Waals surface area contributed by atoms with Crippen LogP contribution in [0.5, 0.6) is 0 Å². The molecular formula is C28H38F2N4O6S2. The van der Waals surface area contributed by atoms with Crippen LogP contribution in [0.15, 0.2) is 29.3 Å². The fraction of sp³-hybridized carbons (Fsp3) is 0.607. The number of alkyl halides is 2. The molecule has 1 heterocycles. The Bertz CT molecular complexity index is 1400. The maximum Gasteiger partial charge on any atom is 0.411 e. The molecule has 3 N–H and O–H groups in total. The minimum absolute atomic E-state index is 0.0275. The van der Waals surface area contributed by atoms with Crippen molar-refractivity contribution in [2.45, 2.75) is 101 Å². The number of hydrogen-bond acceptors (Lipinski definition) is 8. The Labute approximate surface area is 249 Å². The van der Waals surface area contributed by atoms with Crippen molar-refractivity contribution in [3.8, 4) is 10.4 Å². The number of carbonyl (C=O) groups is 2. The lowest BCUT2D eigenvalue weighted by molar-refractivity contribution is 0.0756. The first-order chi connectivity index (χ1) is 19.5. The van der Waals surface area contributed by atoms with Crippen LogP contribution in [-0.2, 0) is 19.5 Å². The number of anilines is 1. The first-order valence-corrected chi connectivity index (χ1v) is 16.3. The summed E-state index contributed by atoms with van der Waals surface area (Å²) in [5, 5.41) is 6.23. The molecule has 4 rings (SSSR count). The Balaban J connectivity index is 1.49. The molecule has 2 fully saturated rings. The van der Waals surface area contributed by atoms with Crippen LogP contribution in [0.4, 0.5) is 24.1 Å². The van der Waals surface area contributed by atoms with Crippen molar-refractivity contribution in [1.82, 2.24) is 15.0 Å². The summed E-state index contributed by atoms with van der Waals surface area (Å²) in [4.78, 5) is 29.4. The summed E-state index contributed by atoms with van der Waals surface area (Å²) in [6.07, 6.45) is 2.95. The summed E-state index contributed by atoms with van der Waals surface area (Å²) < 4.78 is 65.9. The molecule has 0 bridgehead atoms. The Kier molecular flexibility index (Phi) is 9.48. The molecule has 0 saturated heterocycles. The lowest BCUT2D eigenvalue weighted by atomic mass is 9.86. The molecule has 232 valence electrons. The Morgan fingerprint density at radius 3 is 2.40 bits per heavy atom. The normalized spacial score (nSPS) is 22.0. The van der Waals surface area contributed by atoms with Crippen molar-refractivity contribution in [3.05, 3.63) is 29.4 Å². The number of alkyl carbamates (subject to hydrolysis) is 1. The molecule has 2 aliphatic carbocycles. The molecule has 14 heteroatoms. The monoisotopic (exact) mass is 628 g/mol. The number of amides is 2. The predicted octanol–water partition coefficient (Wildman–Crippen LogP) is 6.25. The zero-order valence-corrected chi connectivity index (χ0v) is 26.0. The van der Waals surface area contributed by atoms with E-state index in [1.165, 1.54) is 23.5 Å². The second kappa shape index (κ2) is 12.4. The molecule has 1 unspecified atom stereocenters. The fourth-order valence-electron chi connectivity index (χ4n) is 4.77. The highest BCUT2D eigenvalue weighted by molar-refractivity contribution is 7.89. The fourth-order valence-corrected chi connectivity index (χ4v) is 7.62. The summed E-state index contributed by atoms with van der Waals surface area (Å²) in [6, 6.07) is 4.47. The van der Waals surface area contributed by atoms with E-state index in [4.69, 9.17) is 9.47 Å². The van der Waals surface area contributed by atoms with Gasteiger partial charge in [-0.05, 0) is 72.4 Å². The first kappa shape index (κ1) is 32.1. The van der Waals surface area contributed by atoms with E-state index in [-0.39, 0.29) is 35.1 Å². The summed E-state index contributed by atoms with van der Waals surface area (Å²) in [6.45, 7) is 8.33. The van der Waals surface area contributed by atoms with Crippen LogP contribution in [0.1, 0.15) is 77.6 Å². The lowest BCUT2D eigenvalue weighted by Crippen LogP contribution is -2.40. The SMILES string of the molecule is CC(C)OC(=O)N[C@H]1CC[C@H](c2ncc(-c3ccc(NC(=O)OCC4CC4(F)F)cc3S(=O)(=O)NC(C)(C)C)s2)CC1. The highest BCUT2D eigenvalue weighted by Gasteiger charge is 2.57. The van der Waals surface area contributed by atoms with Crippen LogP contribution in [0, 0.1) is 5.92 Å². The summed E-state index contributed by atoms with van der Waals surface area (Å²) in [5.74, 6) is -3.64. The van der Waals surface area contributed by atoms with Crippen molar-refractivity contribution in [2.24, 2.45) is 5.92 Å². The quantitative estimate of drug-likeness (QED) is 0.299. The molecule has 0 radical (unpaired) electrons. The van der Waals surface area contributed by atoms with Gasteiger partial charge in [-0.2, -0.15) is 0 Å². The van der Waals surface area contributed by atoms with E-state index < -0.39 is 46.2 Å². The standard InChI is InChI=1S/C28H38F2N4O6S2/c1-16(2)40-26(36)32-19-8-6-17(7-9-19)24-31-14-22(41-24)21-11-10-20(12-23(21)42(37,38)34-27(3,4)5)33-25(35)39-15-18-13-28(18,29)30/h10-12,14,16-19,34H,6-9,13,15H2,1-5H3,(H,32,36)(H,33,35)/t17-,18?,19-. The number of halogens is 2. The number of hydrogen-bond donors (Lipinski definition) is 3. The summed E-state index contributed by atoms with van der Waals surface area (Å²) in [7, 11) is -4.04. The van der Waals surface area contributed by atoms with Crippen LogP contribution in [0.2, 0.25) is 0 Å². The zero-order chi connectivity index (χ0) is 30.9. The lowest BCUT2D eigenvalue weighted by Gasteiger charge is -2.28. The third-order valence-electron chi connectivity index (χ3n) is 6.86. The molecule has 1 aromatic carbocycles. The maximum absolute atomic E-state index is 13.5. The van der Waals surface area contributed by atoms with Crippen molar-refractivity contribution < 1.29 is 36.3 Å². The van der Waals surface area contributed by atoms with Gasteiger partial charge in [0, 0.05) is 41.4 Å². The highest BCUT2D eigenvalue weighted by Crippen LogP contribution is 2.48. The molecule has 0 aliphatic heterocycles. The third-order valence-corrected chi connectivity index (χ3v) is 9.85. The van der Waals surface area contributed by atoms with Gasteiger partial charge in [0.05, 0.1) is 26.8 Å². The molecule has 1 aromatic heterocycles. The number of rotatable bonds is 9. The molecule has 0 spiro atoms. The number of sulfonamides is 1. The van der Waals surface area contributed by atoms with Crippen molar-refractivity contribution in [3.63, 3.8) is 0 Å². The van der Waals surface area contributed by atoms with Gasteiger partial charge < -0.3 is 14.8 Å². The topological polar surface area (TPSA) is 136 Å². The highest BCUT2D eigenvalue weighted by atomic mass is 32.2. The van der Waals surface area contributed by atoms with E-state index in [0.29, 0.717) is 10.4 Å². The van der Waals surface area contributed by atoms with E-state index in [2.05, 4.69) is 20.3 Å². The van der Waals surface area contributed by atoms with Gasteiger partial charge in [0.2, 0.25) is 10.0 Å². The second-order valence-corrected chi connectivity index (χ2v) is 14.9. The van der Waals surface area contributed by atoms with Gasteiger partial charge in [0.15, 0.2) is 0 Å². The van der Waals surface area contributed by atoms with E-state index >= 15 is 0 Å². The second-order valence-electron chi connectivity index (χ2n) is 12.2. The average molecular weight is 629 g/mol. The number of nitrogens with zero attached hydrogens (tertiary/aromatic N) is 1. The predicted molar refractivity (Wildman–Crippen MR) is 155 cm³/mol. The molecule has 1 atom stereocenters. The van der Waals surface area contributed by atoms with Gasteiger partial charge in [-0.25, -0.2) is 36.5 Å². The van der Waals surface area contributed by atoms with E-state index in [9.17, 15) is 26.8 Å². The van der Waals surface area contributed by atoms with Gasteiger partial charge in [-0.15, -0.1) is 11.3 Å². The van der Waals surface area contributed by atoms with Gasteiger partial charge in [-0.3, -0.25) is 5.32 Å². The molecule has 2 aliphatic rings. The third kappa shape index (κ3) is 8.60. The number of carbonyl (C=O) groups excluding carboxylic acids is 2. The van der Waals surface area contributed by atoms with Crippen LogP contribution in [0.3, 0.4) is 0 Å². The molecule has 42 heavy (non-hydrogen) atoms. The average Bonchev–Trinajstić information content (AvgIpc) is 3.23. The summed E-state index contributed by atoms with van der Waals surface area (Å²) in [5.41, 5.74) is -0.216. The minimum Gasteiger partial charge on any atom is -0.449 e. The van der Waals surface area contributed by atoms with Gasteiger partial charge >= 0.3 is 12.2 Å². The Morgan fingerprint density at radius 1 is 1.14 bits per heavy atom. The van der Waals surface area contributed by atoms with Crippen LogP contribution < -0.4 is 15.4 Å². The van der Waals surface area contributed by atoms with Gasteiger partial charge in [-0.1, -0.05) is 6.07 Å². The number of nitrogens with one attached hydrogen (secondary N) is 3. The van der Waals surface area contributed by atoms with Crippen molar-refractivity contribution >= 4 is 39.2 Å². The van der Waals surface area contributed by atoms with Gasteiger partial charge in [0.1, 0.15) is 6.61 Å². The minimum atomic E-state index is -4.04. The number of aromatic nitrogens is 1. The molecule has 2 amide bonds. The van der Waals surface area contributed by atoms with Crippen LogP contribution in [0.25, 0.3) is 10.4 Å². The maximum atomic E-state index is 13.5. The summed E-state index contributed by atoms with van der Waals surface area (Å²) >= 11 is 1.40. The van der Waals surface area contributed by atoms with Crippen LogP contribution >= 0.6 is 11.3 Å². The van der Waals surface area contributed by atoms with Crippen LogP contribution in [-0.4, -0.2) is 55.8 Å². The van der Waals surface area contributed by atoms with Gasteiger partial charge in [0.25, 0.3) is 5.92 Å². The molecule has 10 nitrogen and oxygen atoms in total. The van der Waals surface area contributed by atoms with Crippen molar-refractivity contribution in [2.75, 3.05) is 11.9 Å². The van der Waals surface area contributed by atoms with E-state index in [0.717, 1.165) is 30.7 Å². The number of ether oxygens (including phenoxy) is 2.